The SMILES string of the molecule is COc1cc(OC)cc(C(=O)Nc2nc(C(=O)O)cs2)c1. The van der Waals surface area contributed by atoms with Gasteiger partial charge in [0, 0.05) is 17.0 Å². The maximum Gasteiger partial charge on any atom is 0.355 e. The van der Waals surface area contributed by atoms with Crippen molar-refractivity contribution in [2.45, 2.75) is 0 Å². The molecule has 0 fully saturated rings. The van der Waals surface area contributed by atoms with Gasteiger partial charge in [-0.25, -0.2) is 9.78 Å². The van der Waals surface area contributed by atoms with Crippen molar-refractivity contribution in [3.8, 4) is 11.5 Å². The van der Waals surface area contributed by atoms with Crippen molar-refractivity contribution in [3.05, 3.63) is 34.8 Å². The highest BCUT2D eigenvalue weighted by Crippen LogP contribution is 2.24. The van der Waals surface area contributed by atoms with E-state index in [2.05, 4.69) is 10.3 Å². The number of hydrogen-bond donors (Lipinski definition) is 2. The molecule has 0 bridgehead atoms. The minimum Gasteiger partial charge on any atom is -0.497 e. The molecule has 1 aromatic carbocycles. The van der Waals surface area contributed by atoms with Crippen LogP contribution in [0.1, 0.15) is 20.8 Å². The fourth-order valence-electron chi connectivity index (χ4n) is 1.54. The standard InChI is InChI=1S/C13H12N2O5S/c1-19-8-3-7(4-9(5-8)20-2)11(16)15-13-14-10(6-21-13)12(17)18/h3-6H,1-2H3,(H,17,18)(H,14,15,16). The number of aromatic carboxylic acids is 1. The smallest absolute Gasteiger partial charge is 0.355 e. The molecule has 0 saturated carbocycles. The zero-order chi connectivity index (χ0) is 15.4. The first-order valence-corrected chi connectivity index (χ1v) is 6.64. The van der Waals surface area contributed by atoms with Crippen LogP contribution in [0, 0.1) is 0 Å². The van der Waals surface area contributed by atoms with E-state index in [1.54, 1.807) is 18.2 Å². The molecule has 0 atom stereocenters. The van der Waals surface area contributed by atoms with Crippen molar-refractivity contribution in [2.24, 2.45) is 0 Å². The summed E-state index contributed by atoms with van der Waals surface area (Å²) in [5.74, 6) is -0.622. The van der Waals surface area contributed by atoms with Gasteiger partial charge >= 0.3 is 5.97 Å². The maximum atomic E-state index is 12.1. The highest BCUT2D eigenvalue weighted by molar-refractivity contribution is 7.14. The van der Waals surface area contributed by atoms with Gasteiger partial charge in [-0.3, -0.25) is 10.1 Å². The molecular formula is C13H12N2O5S. The molecule has 0 aliphatic heterocycles. The third-order valence-corrected chi connectivity index (χ3v) is 3.32. The number of carbonyl (C=O) groups is 2. The first-order chi connectivity index (χ1) is 10.0. The van der Waals surface area contributed by atoms with Crippen LogP contribution < -0.4 is 14.8 Å². The van der Waals surface area contributed by atoms with Crippen molar-refractivity contribution < 1.29 is 24.2 Å². The minimum atomic E-state index is -1.14. The molecule has 1 heterocycles. The molecule has 2 N–H and O–H groups in total. The Morgan fingerprint density at radius 3 is 2.29 bits per heavy atom. The average molecular weight is 308 g/mol. The molecule has 0 spiro atoms. The molecule has 7 nitrogen and oxygen atoms in total. The Balaban J connectivity index is 2.21. The van der Waals surface area contributed by atoms with Crippen LogP contribution in [0.2, 0.25) is 0 Å². The van der Waals surface area contributed by atoms with Gasteiger partial charge in [-0.05, 0) is 12.1 Å². The van der Waals surface area contributed by atoms with Crippen molar-refractivity contribution in [2.75, 3.05) is 19.5 Å². The van der Waals surface area contributed by atoms with Crippen molar-refractivity contribution in [1.29, 1.82) is 0 Å². The van der Waals surface area contributed by atoms with Crippen LogP contribution in [-0.2, 0) is 0 Å². The number of rotatable bonds is 5. The lowest BCUT2D eigenvalue weighted by atomic mass is 10.2. The Morgan fingerprint density at radius 1 is 1.19 bits per heavy atom. The molecule has 21 heavy (non-hydrogen) atoms. The third-order valence-electron chi connectivity index (χ3n) is 2.56. The van der Waals surface area contributed by atoms with Crippen LogP contribution >= 0.6 is 11.3 Å². The number of carboxylic acids is 1. The fourth-order valence-corrected chi connectivity index (χ4v) is 2.22. The number of anilines is 1. The molecule has 1 amide bonds. The number of thiazole rings is 1. The number of benzene rings is 1. The van der Waals surface area contributed by atoms with Gasteiger partial charge in [0.15, 0.2) is 10.8 Å². The zero-order valence-corrected chi connectivity index (χ0v) is 12.1. The quantitative estimate of drug-likeness (QED) is 0.878. The molecule has 110 valence electrons. The number of carbonyl (C=O) groups excluding carboxylic acids is 1. The Kier molecular flexibility index (Phi) is 4.39. The molecule has 8 heteroatoms. The van der Waals surface area contributed by atoms with E-state index in [0.29, 0.717) is 17.1 Å². The first kappa shape index (κ1) is 14.8. The highest BCUT2D eigenvalue weighted by Gasteiger charge is 2.14. The number of hydrogen-bond acceptors (Lipinski definition) is 6. The molecule has 1 aromatic heterocycles. The molecule has 0 radical (unpaired) electrons. The topological polar surface area (TPSA) is 97.8 Å². The number of amides is 1. The third kappa shape index (κ3) is 3.48. The normalized spacial score (nSPS) is 10.0. The summed E-state index contributed by atoms with van der Waals surface area (Å²) in [6.07, 6.45) is 0. The van der Waals surface area contributed by atoms with Gasteiger partial charge in [-0.1, -0.05) is 0 Å². The highest BCUT2D eigenvalue weighted by atomic mass is 32.1. The Labute approximate surface area is 124 Å². The van der Waals surface area contributed by atoms with Crippen LogP contribution in [-0.4, -0.2) is 36.2 Å². The first-order valence-electron chi connectivity index (χ1n) is 5.76. The largest absolute Gasteiger partial charge is 0.497 e. The lowest BCUT2D eigenvalue weighted by molar-refractivity contribution is 0.0691. The van der Waals surface area contributed by atoms with Crippen molar-refractivity contribution >= 4 is 28.3 Å². The van der Waals surface area contributed by atoms with E-state index in [-0.39, 0.29) is 10.8 Å². The summed E-state index contributed by atoms with van der Waals surface area (Å²) < 4.78 is 10.2. The second-order valence-corrected chi connectivity index (χ2v) is 4.76. The predicted octanol–water partition coefficient (Wildman–Crippen LogP) is 2.11. The van der Waals surface area contributed by atoms with Crippen molar-refractivity contribution in [3.63, 3.8) is 0 Å². The van der Waals surface area contributed by atoms with E-state index in [0.717, 1.165) is 11.3 Å². The van der Waals surface area contributed by atoms with E-state index in [1.807, 2.05) is 0 Å². The van der Waals surface area contributed by atoms with Gasteiger partial charge in [0.1, 0.15) is 11.5 Å². The lowest BCUT2D eigenvalue weighted by Crippen LogP contribution is -2.12. The van der Waals surface area contributed by atoms with E-state index in [9.17, 15) is 9.59 Å². The van der Waals surface area contributed by atoms with Crippen LogP contribution in [0.25, 0.3) is 0 Å². The van der Waals surface area contributed by atoms with E-state index < -0.39 is 11.9 Å². The summed E-state index contributed by atoms with van der Waals surface area (Å²) in [7, 11) is 2.97. The summed E-state index contributed by atoms with van der Waals surface area (Å²) in [4.78, 5) is 26.6. The van der Waals surface area contributed by atoms with Crippen LogP contribution in [0.5, 0.6) is 11.5 Å². The minimum absolute atomic E-state index is 0.112. The Bertz CT molecular complexity index is 661. The van der Waals surface area contributed by atoms with Gasteiger partial charge in [0.2, 0.25) is 0 Å². The lowest BCUT2D eigenvalue weighted by Gasteiger charge is -2.07. The number of nitrogens with one attached hydrogen (secondary N) is 1. The van der Waals surface area contributed by atoms with E-state index >= 15 is 0 Å². The summed E-state index contributed by atoms with van der Waals surface area (Å²) in [5.41, 5.74) is 0.205. The van der Waals surface area contributed by atoms with E-state index in [4.69, 9.17) is 14.6 Å². The second kappa shape index (κ2) is 6.23. The van der Waals surface area contributed by atoms with Gasteiger partial charge in [0.25, 0.3) is 5.91 Å². The maximum absolute atomic E-state index is 12.1. The number of ether oxygens (including phenoxy) is 2. The van der Waals surface area contributed by atoms with Crippen LogP contribution in [0.15, 0.2) is 23.6 Å². The van der Waals surface area contributed by atoms with Crippen molar-refractivity contribution in [1.82, 2.24) is 4.98 Å². The Hall–Kier alpha value is -2.61. The van der Waals surface area contributed by atoms with Crippen LogP contribution in [0.3, 0.4) is 0 Å². The molecular weight excluding hydrogens is 296 g/mol. The number of nitrogens with zero attached hydrogens (tertiary/aromatic N) is 1. The average Bonchev–Trinajstić information content (AvgIpc) is 2.95. The van der Waals surface area contributed by atoms with Gasteiger partial charge in [0.05, 0.1) is 14.2 Å². The second-order valence-electron chi connectivity index (χ2n) is 3.90. The summed E-state index contributed by atoms with van der Waals surface area (Å²) in [5, 5.41) is 12.9. The molecule has 0 saturated heterocycles. The number of methoxy groups -OCH3 is 2. The molecule has 2 rings (SSSR count). The van der Waals surface area contributed by atoms with Crippen LogP contribution in [0.4, 0.5) is 5.13 Å². The molecule has 0 unspecified atom stereocenters. The zero-order valence-electron chi connectivity index (χ0n) is 11.2. The van der Waals surface area contributed by atoms with Gasteiger partial charge < -0.3 is 14.6 Å². The summed E-state index contributed by atoms with van der Waals surface area (Å²) in [6.45, 7) is 0. The molecule has 0 aliphatic rings. The molecule has 0 aliphatic carbocycles. The predicted molar refractivity (Wildman–Crippen MR) is 76.6 cm³/mol. The number of aromatic nitrogens is 1. The Morgan fingerprint density at radius 2 is 1.81 bits per heavy atom. The monoisotopic (exact) mass is 308 g/mol. The fraction of sp³-hybridized carbons (Fsp3) is 0.154. The summed E-state index contributed by atoms with van der Waals surface area (Å²) in [6, 6.07) is 4.73. The van der Waals surface area contributed by atoms with E-state index in [1.165, 1.54) is 19.6 Å². The van der Waals surface area contributed by atoms with Gasteiger partial charge in [-0.2, -0.15) is 0 Å². The summed E-state index contributed by atoms with van der Waals surface area (Å²) >= 11 is 1.03. The molecule has 2 aromatic rings. The van der Waals surface area contributed by atoms with Gasteiger partial charge in [-0.15, -0.1) is 11.3 Å². The number of carboxylic acid groups (broad SMARTS) is 1.